The highest BCUT2D eigenvalue weighted by molar-refractivity contribution is 6.04. The second-order valence-electron chi connectivity index (χ2n) is 7.15. The molecule has 0 aliphatic carbocycles. The van der Waals surface area contributed by atoms with Gasteiger partial charge in [-0.3, -0.25) is 14.5 Å². The maximum absolute atomic E-state index is 8.95. The molecule has 3 aromatic heterocycles. The lowest BCUT2D eigenvalue weighted by atomic mass is 10.1. The van der Waals surface area contributed by atoms with Crippen molar-refractivity contribution in [1.82, 2.24) is 19.5 Å². The molecule has 0 saturated heterocycles. The summed E-state index contributed by atoms with van der Waals surface area (Å²) in [5.41, 5.74) is 6.04. The lowest BCUT2D eigenvalue weighted by Crippen LogP contribution is -1.99. The van der Waals surface area contributed by atoms with Gasteiger partial charge >= 0.3 is 6.01 Å². The molecule has 3 heterocycles. The first-order valence-electron chi connectivity index (χ1n) is 10.0. The highest BCUT2D eigenvalue weighted by atomic mass is 16.5. The second-order valence-corrected chi connectivity index (χ2v) is 7.15. The Bertz CT molecular complexity index is 1540. The molecule has 6 nitrogen and oxygen atoms in total. The summed E-state index contributed by atoms with van der Waals surface area (Å²) in [6, 6.07) is 20.2. The number of imidazole rings is 1. The van der Waals surface area contributed by atoms with Crippen LogP contribution in [-0.4, -0.2) is 26.6 Å². The van der Waals surface area contributed by atoms with Gasteiger partial charge in [-0.25, -0.2) is 0 Å². The van der Waals surface area contributed by atoms with Crippen molar-refractivity contribution in [2.75, 3.05) is 7.11 Å². The van der Waals surface area contributed by atoms with Crippen molar-refractivity contribution >= 4 is 21.9 Å². The molecule has 5 rings (SSSR count). The predicted octanol–water partition coefficient (Wildman–Crippen LogP) is 4.44. The van der Waals surface area contributed by atoms with Crippen LogP contribution in [0.4, 0.5) is 0 Å². The van der Waals surface area contributed by atoms with E-state index in [4.69, 9.17) is 10.00 Å². The van der Waals surface area contributed by atoms with Crippen molar-refractivity contribution in [3.05, 3.63) is 89.9 Å². The number of nitrogens with zero attached hydrogens (tertiary/aromatic N) is 5. The van der Waals surface area contributed by atoms with Crippen molar-refractivity contribution in [2.24, 2.45) is 0 Å². The molecule has 2 aromatic carbocycles. The minimum absolute atomic E-state index is 0.369. The molecule has 0 N–H and O–H groups in total. The van der Waals surface area contributed by atoms with Gasteiger partial charge in [0.1, 0.15) is 5.52 Å². The van der Waals surface area contributed by atoms with Gasteiger partial charge in [-0.2, -0.15) is 10.2 Å². The van der Waals surface area contributed by atoms with E-state index in [1.807, 2.05) is 59.2 Å². The Labute approximate surface area is 184 Å². The second kappa shape index (κ2) is 8.22. The summed E-state index contributed by atoms with van der Waals surface area (Å²) in [6.07, 6.45) is 5.59. The number of aromatic nitrogens is 4. The number of ether oxygens (including phenoxy) is 1. The van der Waals surface area contributed by atoms with Gasteiger partial charge in [-0.05, 0) is 48.0 Å². The number of pyridine rings is 2. The average Bonchev–Trinajstić information content (AvgIpc) is 3.23. The number of fused-ring (bicyclic) bond motifs is 3. The van der Waals surface area contributed by atoms with Crippen molar-refractivity contribution in [3.63, 3.8) is 0 Å². The maximum atomic E-state index is 8.95. The molecule has 32 heavy (non-hydrogen) atoms. The Morgan fingerprint density at radius 2 is 1.81 bits per heavy atom. The summed E-state index contributed by atoms with van der Waals surface area (Å²) < 4.78 is 7.55. The number of methoxy groups -OCH3 is 1. The summed E-state index contributed by atoms with van der Waals surface area (Å²) in [4.78, 5) is 13.3. The largest absolute Gasteiger partial charge is 0.468 e. The third kappa shape index (κ3) is 3.51. The van der Waals surface area contributed by atoms with Crippen LogP contribution in [0.5, 0.6) is 6.01 Å². The highest BCUT2D eigenvalue weighted by Crippen LogP contribution is 2.31. The van der Waals surface area contributed by atoms with Crippen LogP contribution in [0.3, 0.4) is 0 Å². The number of rotatable bonds is 3. The summed E-state index contributed by atoms with van der Waals surface area (Å²) >= 11 is 0. The summed E-state index contributed by atoms with van der Waals surface area (Å²) in [5, 5.41) is 9.88. The fourth-order valence-corrected chi connectivity index (χ4v) is 3.62. The Hall–Kier alpha value is -4.68. The first-order chi connectivity index (χ1) is 15.8. The van der Waals surface area contributed by atoms with Gasteiger partial charge in [0.05, 0.1) is 42.5 Å². The number of benzene rings is 2. The zero-order valence-electron chi connectivity index (χ0n) is 17.3. The molecule has 152 valence electrons. The smallest absolute Gasteiger partial charge is 0.301 e. The fraction of sp³-hybridized carbons (Fsp3) is 0.0769. The molecule has 0 atom stereocenters. The minimum atomic E-state index is 0.369. The zero-order chi connectivity index (χ0) is 21.9. The first kappa shape index (κ1) is 19.3. The summed E-state index contributed by atoms with van der Waals surface area (Å²) in [5.74, 6) is 6.36. The third-order valence-electron chi connectivity index (χ3n) is 5.12. The van der Waals surface area contributed by atoms with Crippen molar-refractivity contribution in [2.45, 2.75) is 6.42 Å². The Morgan fingerprint density at radius 3 is 2.56 bits per heavy atom. The van der Waals surface area contributed by atoms with Crippen molar-refractivity contribution in [3.8, 4) is 29.6 Å². The highest BCUT2D eigenvalue weighted by Gasteiger charge is 2.16. The van der Waals surface area contributed by atoms with E-state index in [9.17, 15) is 0 Å². The Morgan fingerprint density at radius 1 is 0.969 bits per heavy atom. The van der Waals surface area contributed by atoms with E-state index < -0.39 is 0 Å². The third-order valence-corrected chi connectivity index (χ3v) is 5.12. The van der Waals surface area contributed by atoms with Crippen LogP contribution in [0.25, 0.3) is 27.6 Å². The van der Waals surface area contributed by atoms with Crippen LogP contribution in [0.1, 0.15) is 16.7 Å². The molecule has 0 spiro atoms. The van der Waals surface area contributed by atoms with Crippen LogP contribution in [0.2, 0.25) is 0 Å². The molecule has 0 radical (unpaired) electrons. The molecule has 6 heteroatoms. The van der Waals surface area contributed by atoms with Crippen LogP contribution >= 0.6 is 0 Å². The summed E-state index contributed by atoms with van der Waals surface area (Å²) in [7, 11) is 1.60. The number of nitriles is 1. The van der Waals surface area contributed by atoms with E-state index >= 15 is 0 Å². The monoisotopic (exact) mass is 415 g/mol. The standard InChI is InChI=1S/C26H17N5O/c1-32-26-30-24-17-29-23-11-8-19(4-5-20-3-2-14-28-16-20)15-22(23)25(24)31(26)21-9-6-18(7-10-21)12-13-27/h2-3,6-11,14-17H,12H2,1H3. The Balaban J connectivity index is 1.70. The first-order valence-corrected chi connectivity index (χ1v) is 10.0. The van der Waals surface area contributed by atoms with Crippen LogP contribution < -0.4 is 4.74 Å². The molecule has 0 aliphatic rings. The van der Waals surface area contributed by atoms with Gasteiger partial charge < -0.3 is 4.74 Å². The normalized spacial score (nSPS) is 10.5. The van der Waals surface area contributed by atoms with Crippen LogP contribution in [0.15, 0.2) is 73.2 Å². The van der Waals surface area contributed by atoms with Crippen molar-refractivity contribution in [1.29, 1.82) is 5.26 Å². The topological polar surface area (TPSA) is 76.6 Å². The lowest BCUT2D eigenvalue weighted by molar-refractivity contribution is 0.376. The van der Waals surface area contributed by atoms with E-state index in [0.29, 0.717) is 12.4 Å². The zero-order valence-corrected chi connectivity index (χ0v) is 17.3. The quantitative estimate of drug-likeness (QED) is 0.407. The fourth-order valence-electron chi connectivity index (χ4n) is 3.62. The molecule has 0 saturated carbocycles. The number of hydrogen-bond donors (Lipinski definition) is 0. The van der Waals surface area contributed by atoms with Crippen LogP contribution in [-0.2, 0) is 6.42 Å². The Kier molecular flexibility index (Phi) is 4.95. The van der Waals surface area contributed by atoms with Gasteiger partial charge in [0, 0.05) is 28.9 Å². The van der Waals surface area contributed by atoms with E-state index in [1.165, 1.54) is 0 Å². The molecule has 0 aliphatic heterocycles. The molecule has 5 aromatic rings. The molecule has 0 amide bonds. The van der Waals surface area contributed by atoms with Gasteiger partial charge in [0.15, 0.2) is 0 Å². The van der Waals surface area contributed by atoms with E-state index in [-0.39, 0.29) is 0 Å². The van der Waals surface area contributed by atoms with Gasteiger partial charge in [0.25, 0.3) is 0 Å². The SMILES string of the molecule is COc1nc2cnc3ccc(C#Cc4cccnc4)cc3c2n1-c1ccc(CC#N)cc1. The summed E-state index contributed by atoms with van der Waals surface area (Å²) in [6.45, 7) is 0. The van der Waals surface area contributed by atoms with Gasteiger partial charge in [-0.15, -0.1) is 0 Å². The maximum Gasteiger partial charge on any atom is 0.301 e. The van der Waals surface area contributed by atoms with E-state index in [2.05, 4.69) is 32.9 Å². The predicted molar refractivity (Wildman–Crippen MR) is 122 cm³/mol. The molecular formula is C26H17N5O. The molecular weight excluding hydrogens is 398 g/mol. The average molecular weight is 415 g/mol. The van der Waals surface area contributed by atoms with E-state index in [1.54, 1.807) is 25.7 Å². The molecule has 0 fully saturated rings. The van der Waals surface area contributed by atoms with E-state index in [0.717, 1.165) is 44.3 Å². The lowest BCUT2D eigenvalue weighted by Gasteiger charge is -2.10. The van der Waals surface area contributed by atoms with Crippen molar-refractivity contribution < 1.29 is 4.74 Å². The van der Waals surface area contributed by atoms with Gasteiger partial charge in [-0.1, -0.05) is 24.0 Å². The minimum Gasteiger partial charge on any atom is -0.468 e. The molecule has 0 bridgehead atoms. The van der Waals surface area contributed by atoms with Gasteiger partial charge in [0.2, 0.25) is 0 Å². The number of hydrogen-bond acceptors (Lipinski definition) is 5. The van der Waals surface area contributed by atoms with Crippen LogP contribution in [0, 0.1) is 23.2 Å². The molecule has 0 unspecified atom stereocenters.